The summed E-state index contributed by atoms with van der Waals surface area (Å²) in [5, 5.41) is 15.3. The Morgan fingerprint density at radius 1 is 1.20 bits per heavy atom. The lowest BCUT2D eigenvalue weighted by Crippen LogP contribution is -2.50. The fraction of sp³-hybridized carbons (Fsp3) is 0.519. The number of aliphatic hydroxyl groups excluding tert-OH is 1. The fourth-order valence-corrected chi connectivity index (χ4v) is 4.14. The quantitative estimate of drug-likeness (QED) is 0.374. The van der Waals surface area contributed by atoms with Gasteiger partial charge in [0.2, 0.25) is 5.91 Å². The summed E-state index contributed by atoms with van der Waals surface area (Å²) in [4.78, 5) is 23.1. The minimum absolute atomic E-state index is 0.0389. The number of nitrogens with zero attached hydrogens (tertiary/aromatic N) is 1. The SMILES string of the molecule is CN1OCCCCCOc2cc(F)cc(c2)CC(C(O)CNCc2cccc(C(F)(F)F)c2)NOC1CC(N)=O. The van der Waals surface area contributed by atoms with E-state index in [1.165, 1.54) is 23.3 Å². The van der Waals surface area contributed by atoms with Crippen LogP contribution in [-0.2, 0) is 33.6 Å². The highest BCUT2D eigenvalue weighted by molar-refractivity contribution is 5.74. The third kappa shape index (κ3) is 10.6. The summed E-state index contributed by atoms with van der Waals surface area (Å²) in [6.45, 7) is 0.761. The van der Waals surface area contributed by atoms with E-state index in [0.717, 1.165) is 25.0 Å². The molecule has 1 amide bonds. The zero-order chi connectivity index (χ0) is 29.1. The van der Waals surface area contributed by atoms with Crippen LogP contribution in [0.5, 0.6) is 5.75 Å². The molecule has 0 saturated heterocycles. The number of aliphatic hydroxyl groups is 1. The van der Waals surface area contributed by atoms with Crippen LogP contribution >= 0.6 is 0 Å². The number of primary amides is 1. The Morgan fingerprint density at radius 2 is 1.98 bits per heavy atom. The van der Waals surface area contributed by atoms with Gasteiger partial charge in [-0.2, -0.15) is 23.7 Å². The number of rotatable bonds is 7. The van der Waals surface area contributed by atoms with Gasteiger partial charge in [-0.05, 0) is 55.0 Å². The molecule has 2 bridgehead atoms. The number of alkyl halides is 3. The van der Waals surface area contributed by atoms with Crippen LogP contribution in [0.4, 0.5) is 17.6 Å². The van der Waals surface area contributed by atoms with Crippen LogP contribution in [0.1, 0.15) is 42.4 Å². The first kappa shape index (κ1) is 31.7. The van der Waals surface area contributed by atoms with Gasteiger partial charge >= 0.3 is 6.18 Å². The number of fused-ring (bicyclic) bond motifs is 2. The van der Waals surface area contributed by atoms with Gasteiger partial charge in [0.05, 0.1) is 37.3 Å². The second-order valence-corrected chi connectivity index (χ2v) is 9.65. The van der Waals surface area contributed by atoms with Crippen LogP contribution in [0.25, 0.3) is 0 Å². The van der Waals surface area contributed by atoms with Gasteiger partial charge in [0, 0.05) is 26.2 Å². The first-order valence-electron chi connectivity index (χ1n) is 13.0. The lowest BCUT2D eigenvalue weighted by atomic mass is 10.0. The summed E-state index contributed by atoms with van der Waals surface area (Å²) in [6.07, 6.45) is -4.42. The lowest BCUT2D eigenvalue weighted by molar-refractivity contribution is -0.261. The Balaban J connectivity index is 1.75. The number of amides is 1. The Kier molecular flexibility index (Phi) is 12.1. The molecule has 1 aliphatic heterocycles. The van der Waals surface area contributed by atoms with Crippen LogP contribution in [0.2, 0.25) is 0 Å². The van der Waals surface area contributed by atoms with Crippen molar-refractivity contribution in [3.63, 3.8) is 0 Å². The summed E-state index contributed by atoms with van der Waals surface area (Å²) < 4.78 is 59.2. The van der Waals surface area contributed by atoms with Gasteiger partial charge in [0.15, 0.2) is 6.23 Å². The smallest absolute Gasteiger partial charge is 0.416 e. The molecule has 2 aromatic rings. The number of nitrogens with two attached hydrogens (primary N) is 1. The molecule has 0 radical (unpaired) electrons. The van der Waals surface area contributed by atoms with Crippen LogP contribution < -0.4 is 21.3 Å². The van der Waals surface area contributed by atoms with Crippen molar-refractivity contribution in [3.05, 3.63) is 65.0 Å². The third-order valence-electron chi connectivity index (χ3n) is 6.28. The number of hydroxylamine groups is 3. The summed E-state index contributed by atoms with van der Waals surface area (Å²) >= 11 is 0. The van der Waals surface area contributed by atoms with Gasteiger partial charge in [-0.25, -0.2) is 4.39 Å². The summed E-state index contributed by atoms with van der Waals surface area (Å²) in [5.41, 5.74) is 8.27. The van der Waals surface area contributed by atoms with Crippen LogP contribution in [-0.4, -0.2) is 61.3 Å². The molecule has 1 aliphatic rings. The minimum Gasteiger partial charge on any atom is -0.493 e. The standard InChI is InChI=1S/C27H36F4N4O5/c1-35-26(15-25(32)37)40-34-23(24(36)17-33-16-18-6-5-7-20(10-18)27(29,30)31)13-19-11-21(28)14-22(12-19)38-8-3-2-4-9-39-35/h5-7,10-12,14,23-24,26,33-34,36H,2-4,8-9,13,15-17H2,1H3,(H2,32,37). The molecule has 0 aromatic heterocycles. The number of carbonyl (C=O) groups excluding carboxylic acids is 1. The van der Waals surface area contributed by atoms with Gasteiger partial charge in [0.25, 0.3) is 0 Å². The average molecular weight is 573 g/mol. The maximum atomic E-state index is 14.4. The number of nitrogens with one attached hydrogen (secondary N) is 2. The molecule has 0 aliphatic carbocycles. The van der Waals surface area contributed by atoms with Crippen molar-refractivity contribution in [2.24, 2.45) is 5.73 Å². The number of hydrogen-bond acceptors (Lipinski definition) is 8. The molecule has 5 N–H and O–H groups in total. The molecule has 0 fully saturated rings. The highest BCUT2D eigenvalue weighted by atomic mass is 19.4. The molecule has 3 rings (SSSR count). The molecule has 13 heteroatoms. The molecule has 222 valence electrons. The number of ether oxygens (including phenoxy) is 1. The summed E-state index contributed by atoms with van der Waals surface area (Å²) in [6, 6.07) is 8.30. The largest absolute Gasteiger partial charge is 0.493 e. The molecule has 0 saturated carbocycles. The van der Waals surface area contributed by atoms with Crippen molar-refractivity contribution >= 4 is 5.91 Å². The van der Waals surface area contributed by atoms with E-state index >= 15 is 0 Å². The van der Waals surface area contributed by atoms with Crippen LogP contribution in [0.3, 0.4) is 0 Å². The molecule has 2 aromatic carbocycles. The van der Waals surface area contributed by atoms with E-state index in [2.05, 4.69) is 10.8 Å². The van der Waals surface area contributed by atoms with Crippen molar-refractivity contribution in [1.82, 2.24) is 15.9 Å². The second kappa shape index (κ2) is 15.3. The Bertz CT molecular complexity index is 1090. The molecule has 0 spiro atoms. The van der Waals surface area contributed by atoms with Gasteiger partial charge in [-0.3, -0.25) is 14.5 Å². The highest BCUT2D eigenvalue weighted by Gasteiger charge is 2.30. The fourth-order valence-electron chi connectivity index (χ4n) is 4.14. The highest BCUT2D eigenvalue weighted by Crippen LogP contribution is 2.29. The van der Waals surface area contributed by atoms with E-state index in [-0.39, 0.29) is 25.9 Å². The Labute approximate surface area is 230 Å². The van der Waals surface area contributed by atoms with Crippen molar-refractivity contribution in [1.29, 1.82) is 0 Å². The van der Waals surface area contributed by atoms with Crippen molar-refractivity contribution in [2.75, 3.05) is 26.8 Å². The average Bonchev–Trinajstić information content (AvgIpc) is 2.88. The topological polar surface area (TPSA) is 118 Å². The van der Waals surface area contributed by atoms with Crippen molar-refractivity contribution < 1.29 is 41.9 Å². The van der Waals surface area contributed by atoms with E-state index in [9.17, 15) is 27.5 Å². The number of benzene rings is 2. The van der Waals surface area contributed by atoms with Gasteiger partial charge in [0.1, 0.15) is 11.6 Å². The van der Waals surface area contributed by atoms with E-state index in [1.807, 2.05) is 0 Å². The van der Waals surface area contributed by atoms with E-state index < -0.39 is 41.8 Å². The predicted molar refractivity (Wildman–Crippen MR) is 138 cm³/mol. The lowest BCUT2D eigenvalue weighted by Gasteiger charge is -2.30. The van der Waals surface area contributed by atoms with Gasteiger partial charge < -0.3 is 20.9 Å². The maximum Gasteiger partial charge on any atom is 0.416 e. The van der Waals surface area contributed by atoms with Crippen molar-refractivity contribution in [2.45, 2.75) is 63.2 Å². The maximum absolute atomic E-state index is 14.4. The van der Waals surface area contributed by atoms with Gasteiger partial charge in [-0.1, -0.05) is 18.2 Å². The molecule has 3 atom stereocenters. The molecule has 3 unspecified atom stereocenters. The van der Waals surface area contributed by atoms with E-state index in [0.29, 0.717) is 36.5 Å². The molecular formula is C27H36F4N4O5. The molecule has 9 nitrogen and oxygen atoms in total. The van der Waals surface area contributed by atoms with E-state index in [4.69, 9.17) is 20.1 Å². The summed E-state index contributed by atoms with van der Waals surface area (Å²) in [5.74, 6) is -0.796. The van der Waals surface area contributed by atoms with Gasteiger partial charge in [-0.15, -0.1) is 0 Å². The molecular weight excluding hydrogens is 536 g/mol. The number of carbonyl (C=O) groups is 1. The zero-order valence-electron chi connectivity index (χ0n) is 22.3. The third-order valence-corrected chi connectivity index (χ3v) is 6.28. The zero-order valence-corrected chi connectivity index (χ0v) is 22.3. The number of hydrogen-bond donors (Lipinski definition) is 4. The first-order valence-corrected chi connectivity index (χ1v) is 13.0. The van der Waals surface area contributed by atoms with Crippen molar-refractivity contribution in [3.8, 4) is 5.75 Å². The second-order valence-electron chi connectivity index (χ2n) is 9.65. The Morgan fingerprint density at radius 3 is 2.73 bits per heavy atom. The monoisotopic (exact) mass is 572 g/mol. The van der Waals surface area contributed by atoms with Crippen LogP contribution in [0.15, 0.2) is 42.5 Å². The first-order chi connectivity index (χ1) is 19.0. The van der Waals surface area contributed by atoms with Crippen LogP contribution in [0, 0.1) is 5.82 Å². The van der Waals surface area contributed by atoms with E-state index in [1.54, 1.807) is 19.2 Å². The Hall–Kier alpha value is -2.81. The normalized spacial score (nSPS) is 20.9. The summed E-state index contributed by atoms with van der Waals surface area (Å²) in [7, 11) is 1.59. The number of halogens is 4. The minimum atomic E-state index is -4.47. The molecule has 1 heterocycles. The predicted octanol–water partition coefficient (Wildman–Crippen LogP) is 3.06. The molecule has 40 heavy (non-hydrogen) atoms.